The van der Waals surface area contributed by atoms with Crippen LogP contribution < -0.4 is 11.3 Å². The zero-order valence-corrected chi connectivity index (χ0v) is 10.7. The van der Waals surface area contributed by atoms with E-state index in [4.69, 9.17) is 17.4 Å². The number of hydrogen-bond acceptors (Lipinski definition) is 4. The van der Waals surface area contributed by atoms with Crippen molar-refractivity contribution in [1.82, 2.24) is 5.43 Å². The average Bonchev–Trinajstić information content (AvgIpc) is 2.53. The molecule has 0 saturated heterocycles. The lowest BCUT2D eigenvalue weighted by Crippen LogP contribution is -2.29. The SMILES string of the molecule is CC(C)SCC(NN)c1ccc(Cl)s1. The summed E-state index contributed by atoms with van der Waals surface area (Å²) < 4.78 is 0.815. The van der Waals surface area contributed by atoms with Crippen LogP contribution in [0, 0.1) is 0 Å². The summed E-state index contributed by atoms with van der Waals surface area (Å²) in [7, 11) is 0. The number of halogens is 1. The number of thioether (sulfide) groups is 1. The summed E-state index contributed by atoms with van der Waals surface area (Å²) in [5, 5.41) is 0.626. The molecule has 1 heterocycles. The second-order valence-corrected chi connectivity index (χ2v) is 6.60. The van der Waals surface area contributed by atoms with Gasteiger partial charge in [0, 0.05) is 10.6 Å². The van der Waals surface area contributed by atoms with Gasteiger partial charge in [0.2, 0.25) is 0 Å². The Balaban J connectivity index is 2.54. The molecule has 0 aliphatic rings. The molecule has 0 aliphatic carbocycles. The number of hydrazine groups is 1. The molecule has 1 rings (SSSR count). The highest BCUT2D eigenvalue weighted by Gasteiger charge is 2.12. The molecule has 0 spiro atoms. The van der Waals surface area contributed by atoms with E-state index in [1.807, 2.05) is 23.9 Å². The van der Waals surface area contributed by atoms with Gasteiger partial charge in [0.05, 0.1) is 10.4 Å². The summed E-state index contributed by atoms with van der Waals surface area (Å²) in [6.07, 6.45) is 0. The van der Waals surface area contributed by atoms with Crippen LogP contribution in [0.1, 0.15) is 24.8 Å². The highest BCUT2D eigenvalue weighted by Crippen LogP contribution is 2.29. The molecule has 5 heteroatoms. The van der Waals surface area contributed by atoms with Crippen LogP contribution >= 0.6 is 34.7 Å². The zero-order valence-electron chi connectivity index (χ0n) is 8.29. The average molecular weight is 251 g/mol. The van der Waals surface area contributed by atoms with Gasteiger partial charge in [-0.3, -0.25) is 11.3 Å². The fourth-order valence-corrected chi connectivity index (χ4v) is 3.10. The zero-order chi connectivity index (χ0) is 10.6. The second kappa shape index (κ2) is 5.98. The van der Waals surface area contributed by atoms with Gasteiger partial charge in [0.25, 0.3) is 0 Å². The van der Waals surface area contributed by atoms with Crippen molar-refractivity contribution in [2.75, 3.05) is 5.75 Å². The lowest BCUT2D eigenvalue weighted by atomic mass is 10.3. The lowest BCUT2D eigenvalue weighted by Gasteiger charge is -2.14. The molecule has 0 bridgehead atoms. The van der Waals surface area contributed by atoms with Gasteiger partial charge in [-0.25, -0.2) is 0 Å². The van der Waals surface area contributed by atoms with Crippen molar-refractivity contribution < 1.29 is 0 Å². The Morgan fingerprint density at radius 3 is 2.71 bits per heavy atom. The smallest absolute Gasteiger partial charge is 0.0931 e. The summed E-state index contributed by atoms with van der Waals surface area (Å²) in [5.41, 5.74) is 2.82. The molecule has 0 fully saturated rings. The van der Waals surface area contributed by atoms with Crippen LogP contribution in [-0.2, 0) is 0 Å². The third kappa shape index (κ3) is 3.79. The van der Waals surface area contributed by atoms with E-state index in [1.165, 1.54) is 4.88 Å². The monoisotopic (exact) mass is 250 g/mol. The molecule has 0 radical (unpaired) electrons. The molecule has 0 aliphatic heterocycles. The van der Waals surface area contributed by atoms with Gasteiger partial charge in [0.15, 0.2) is 0 Å². The van der Waals surface area contributed by atoms with Crippen LogP contribution in [-0.4, -0.2) is 11.0 Å². The van der Waals surface area contributed by atoms with Crippen molar-refractivity contribution in [1.29, 1.82) is 0 Å². The largest absolute Gasteiger partial charge is 0.271 e. The van der Waals surface area contributed by atoms with Crippen LogP contribution in [0.2, 0.25) is 4.34 Å². The fraction of sp³-hybridized carbons (Fsp3) is 0.556. The first-order chi connectivity index (χ1) is 6.63. The summed E-state index contributed by atoms with van der Waals surface area (Å²) in [4.78, 5) is 1.20. The molecule has 0 saturated carbocycles. The van der Waals surface area contributed by atoms with Crippen LogP contribution in [0.25, 0.3) is 0 Å². The van der Waals surface area contributed by atoms with Crippen LogP contribution in [0.15, 0.2) is 12.1 Å². The van der Waals surface area contributed by atoms with E-state index in [0.717, 1.165) is 10.1 Å². The van der Waals surface area contributed by atoms with E-state index < -0.39 is 0 Å². The molecule has 0 aromatic carbocycles. The summed E-state index contributed by atoms with van der Waals surface area (Å²) in [6, 6.07) is 4.14. The van der Waals surface area contributed by atoms with E-state index in [0.29, 0.717) is 5.25 Å². The minimum absolute atomic E-state index is 0.208. The normalized spacial score (nSPS) is 13.5. The van der Waals surface area contributed by atoms with Gasteiger partial charge < -0.3 is 0 Å². The van der Waals surface area contributed by atoms with Gasteiger partial charge in [0.1, 0.15) is 0 Å². The molecule has 1 aromatic rings. The van der Waals surface area contributed by atoms with E-state index in [2.05, 4.69) is 19.3 Å². The summed E-state index contributed by atoms with van der Waals surface area (Å²) in [5.74, 6) is 6.48. The molecule has 3 N–H and O–H groups in total. The number of rotatable bonds is 5. The second-order valence-electron chi connectivity index (χ2n) is 3.24. The molecule has 14 heavy (non-hydrogen) atoms. The van der Waals surface area contributed by atoms with Crippen molar-refractivity contribution in [3.8, 4) is 0 Å². The van der Waals surface area contributed by atoms with Crippen molar-refractivity contribution in [2.24, 2.45) is 5.84 Å². The van der Waals surface area contributed by atoms with E-state index in [1.54, 1.807) is 11.3 Å². The first-order valence-electron chi connectivity index (χ1n) is 4.46. The standard InChI is InChI=1S/C9H15ClN2S2/c1-6(2)13-5-7(12-11)8-3-4-9(10)14-8/h3-4,6-7,12H,5,11H2,1-2H3. The Morgan fingerprint density at radius 2 is 2.29 bits per heavy atom. The molecular formula is C9H15ClN2S2. The number of thiophene rings is 1. The van der Waals surface area contributed by atoms with Crippen molar-refractivity contribution in [3.05, 3.63) is 21.3 Å². The maximum atomic E-state index is 5.87. The molecule has 0 amide bonds. The van der Waals surface area contributed by atoms with Crippen molar-refractivity contribution in [2.45, 2.75) is 25.1 Å². The van der Waals surface area contributed by atoms with Crippen LogP contribution in [0.4, 0.5) is 0 Å². The third-order valence-electron chi connectivity index (χ3n) is 1.73. The fourth-order valence-electron chi connectivity index (χ4n) is 1.02. The molecular weight excluding hydrogens is 236 g/mol. The highest BCUT2D eigenvalue weighted by molar-refractivity contribution is 7.99. The quantitative estimate of drug-likeness (QED) is 0.623. The summed E-state index contributed by atoms with van der Waals surface area (Å²) >= 11 is 9.34. The number of nitrogens with two attached hydrogens (primary N) is 1. The first-order valence-corrected chi connectivity index (χ1v) is 6.70. The molecule has 80 valence electrons. The molecule has 2 nitrogen and oxygen atoms in total. The minimum atomic E-state index is 0.208. The Morgan fingerprint density at radius 1 is 1.57 bits per heavy atom. The molecule has 1 aromatic heterocycles. The van der Waals surface area contributed by atoms with E-state index >= 15 is 0 Å². The Kier molecular flexibility index (Phi) is 5.26. The van der Waals surface area contributed by atoms with Crippen molar-refractivity contribution in [3.63, 3.8) is 0 Å². The first kappa shape index (κ1) is 12.3. The van der Waals surface area contributed by atoms with Gasteiger partial charge in [-0.1, -0.05) is 25.4 Å². The highest BCUT2D eigenvalue weighted by atomic mass is 35.5. The van der Waals surface area contributed by atoms with Crippen LogP contribution in [0.5, 0.6) is 0 Å². The predicted octanol–water partition coefficient (Wildman–Crippen LogP) is 3.05. The minimum Gasteiger partial charge on any atom is -0.271 e. The van der Waals surface area contributed by atoms with Gasteiger partial charge in [-0.2, -0.15) is 11.8 Å². The molecule has 1 unspecified atom stereocenters. The van der Waals surface area contributed by atoms with Crippen molar-refractivity contribution >= 4 is 34.7 Å². The Hall–Kier alpha value is 0.260. The predicted molar refractivity (Wildman–Crippen MR) is 67.0 cm³/mol. The van der Waals surface area contributed by atoms with Gasteiger partial charge >= 0.3 is 0 Å². The lowest BCUT2D eigenvalue weighted by molar-refractivity contribution is 0.619. The van der Waals surface area contributed by atoms with Gasteiger partial charge in [-0.15, -0.1) is 11.3 Å². The summed E-state index contributed by atoms with van der Waals surface area (Å²) in [6.45, 7) is 4.36. The topological polar surface area (TPSA) is 38.0 Å². The Labute approximate surface area is 98.2 Å². The van der Waals surface area contributed by atoms with E-state index in [9.17, 15) is 0 Å². The maximum absolute atomic E-state index is 5.87. The van der Waals surface area contributed by atoms with Gasteiger partial charge in [-0.05, 0) is 17.4 Å². The Bertz CT molecular complexity index is 276. The van der Waals surface area contributed by atoms with E-state index in [-0.39, 0.29) is 6.04 Å². The molecule has 1 atom stereocenters. The van der Waals surface area contributed by atoms with Crippen LogP contribution in [0.3, 0.4) is 0 Å². The third-order valence-corrected chi connectivity index (χ3v) is 4.27. The number of hydrogen-bond donors (Lipinski definition) is 2. The maximum Gasteiger partial charge on any atom is 0.0931 e. The number of nitrogens with one attached hydrogen (secondary N) is 1.